The quantitative estimate of drug-likeness (QED) is 0.926. The van der Waals surface area contributed by atoms with Crippen LogP contribution in [0.5, 0.6) is 0 Å². The van der Waals surface area contributed by atoms with Crippen molar-refractivity contribution in [2.45, 2.75) is 54.1 Å². The fourth-order valence-electron chi connectivity index (χ4n) is 2.80. The van der Waals surface area contributed by atoms with E-state index in [0.717, 1.165) is 35.0 Å². The van der Waals surface area contributed by atoms with Gasteiger partial charge in [0.2, 0.25) is 0 Å². The molecule has 0 fully saturated rings. The molecule has 108 valence electrons. The molecule has 4 heteroatoms. The van der Waals surface area contributed by atoms with Crippen molar-refractivity contribution < 1.29 is 4.52 Å². The summed E-state index contributed by atoms with van der Waals surface area (Å²) in [5.74, 6) is 0.887. The number of rotatable bonds is 4. The molecule has 20 heavy (non-hydrogen) atoms. The summed E-state index contributed by atoms with van der Waals surface area (Å²) in [6.45, 7) is 13.1. The first-order chi connectivity index (χ1) is 9.40. The predicted molar refractivity (Wildman–Crippen MR) is 79.7 cm³/mol. The summed E-state index contributed by atoms with van der Waals surface area (Å²) < 4.78 is 5.19. The Morgan fingerprint density at radius 2 is 1.85 bits per heavy atom. The van der Waals surface area contributed by atoms with Gasteiger partial charge in [-0.05, 0) is 58.7 Å². The Hall–Kier alpha value is -1.68. The van der Waals surface area contributed by atoms with Crippen LogP contribution in [-0.4, -0.2) is 10.1 Å². The smallest absolute Gasteiger partial charge is 0.138 e. The second-order valence-electron chi connectivity index (χ2n) is 5.48. The van der Waals surface area contributed by atoms with Gasteiger partial charge in [-0.25, -0.2) is 0 Å². The normalized spacial score (nSPS) is 12.7. The number of hydrogen-bond acceptors (Lipinski definition) is 4. The summed E-state index contributed by atoms with van der Waals surface area (Å²) in [5.41, 5.74) is 6.84. The lowest BCUT2D eigenvalue weighted by atomic mass is 10.00. The van der Waals surface area contributed by atoms with Crippen LogP contribution in [0.4, 0.5) is 0 Å². The van der Waals surface area contributed by atoms with Crippen LogP contribution in [-0.2, 0) is 6.54 Å². The highest BCUT2D eigenvalue weighted by Crippen LogP contribution is 2.22. The van der Waals surface area contributed by atoms with Crippen molar-refractivity contribution in [3.63, 3.8) is 0 Å². The summed E-state index contributed by atoms with van der Waals surface area (Å²) in [5, 5.41) is 7.53. The molecule has 0 amide bonds. The largest absolute Gasteiger partial charge is 0.361 e. The Balaban J connectivity index is 2.15. The van der Waals surface area contributed by atoms with E-state index in [2.05, 4.69) is 42.3 Å². The minimum absolute atomic E-state index is 0.247. The maximum atomic E-state index is 5.19. The Bertz CT molecular complexity index is 574. The molecule has 0 spiro atoms. The van der Waals surface area contributed by atoms with E-state index in [-0.39, 0.29) is 6.04 Å². The van der Waals surface area contributed by atoms with E-state index in [1.807, 2.05) is 20.8 Å². The molecule has 2 aromatic rings. The topological polar surface area (TPSA) is 51.0 Å². The lowest BCUT2D eigenvalue weighted by Gasteiger charge is -2.19. The summed E-state index contributed by atoms with van der Waals surface area (Å²) in [6.07, 6.45) is 0. The second kappa shape index (κ2) is 5.75. The van der Waals surface area contributed by atoms with Gasteiger partial charge in [0.05, 0.1) is 5.69 Å². The van der Waals surface area contributed by atoms with E-state index in [4.69, 9.17) is 4.52 Å². The first kappa shape index (κ1) is 14.7. The highest BCUT2D eigenvalue weighted by atomic mass is 16.5. The average molecular weight is 273 g/mol. The molecule has 0 aliphatic heterocycles. The molecular formula is C16H23N3O. The van der Waals surface area contributed by atoms with Gasteiger partial charge in [-0.1, -0.05) is 5.16 Å². The van der Waals surface area contributed by atoms with Gasteiger partial charge in [0.1, 0.15) is 5.76 Å². The molecule has 0 bridgehead atoms. The molecule has 1 N–H and O–H groups in total. The minimum atomic E-state index is 0.247. The fourth-order valence-corrected chi connectivity index (χ4v) is 2.80. The summed E-state index contributed by atoms with van der Waals surface area (Å²) in [7, 11) is 0. The monoisotopic (exact) mass is 273 g/mol. The van der Waals surface area contributed by atoms with Crippen molar-refractivity contribution in [1.29, 1.82) is 0 Å². The fraction of sp³-hybridized carbons (Fsp3) is 0.500. The van der Waals surface area contributed by atoms with Gasteiger partial charge in [0.15, 0.2) is 0 Å². The van der Waals surface area contributed by atoms with Gasteiger partial charge in [0, 0.05) is 29.5 Å². The van der Waals surface area contributed by atoms with Gasteiger partial charge in [-0.15, -0.1) is 0 Å². The van der Waals surface area contributed by atoms with Crippen molar-refractivity contribution >= 4 is 0 Å². The summed E-state index contributed by atoms with van der Waals surface area (Å²) in [4.78, 5) is 4.56. The highest BCUT2D eigenvalue weighted by molar-refractivity contribution is 5.33. The van der Waals surface area contributed by atoms with Gasteiger partial charge in [-0.2, -0.15) is 0 Å². The maximum absolute atomic E-state index is 5.19. The van der Waals surface area contributed by atoms with Crippen LogP contribution in [0.1, 0.15) is 52.5 Å². The zero-order valence-corrected chi connectivity index (χ0v) is 13.2. The van der Waals surface area contributed by atoms with Crippen LogP contribution in [0.2, 0.25) is 0 Å². The molecule has 0 radical (unpaired) electrons. The van der Waals surface area contributed by atoms with Crippen LogP contribution in [0.25, 0.3) is 0 Å². The van der Waals surface area contributed by atoms with E-state index in [1.165, 1.54) is 11.1 Å². The first-order valence-corrected chi connectivity index (χ1v) is 7.00. The van der Waals surface area contributed by atoms with Crippen molar-refractivity contribution in [2.24, 2.45) is 0 Å². The number of nitrogens with zero attached hydrogens (tertiary/aromatic N) is 2. The minimum Gasteiger partial charge on any atom is -0.361 e. The van der Waals surface area contributed by atoms with E-state index in [9.17, 15) is 0 Å². The van der Waals surface area contributed by atoms with E-state index >= 15 is 0 Å². The van der Waals surface area contributed by atoms with Crippen LogP contribution < -0.4 is 5.32 Å². The standard InChI is InChI=1S/C16H23N3O/c1-9-7-10(2)18-13(5)16(9)12(4)17-8-15-11(3)19-20-14(15)6/h7,12,17H,8H2,1-6H3. The average Bonchev–Trinajstić information content (AvgIpc) is 2.65. The van der Waals surface area contributed by atoms with Crippen LogP contribution in [0.3, 0.4) is 0 Å². The Kier molecular flexibility index (Phi) is 4.23. The van der Waals surface area contributed by atoms with Gasteiger partial charge in [-0.3, -0.25) is 4.98 Å². The molecule has 0 aromatic carbocycles. The summed E-state index contributed by atoms with van der Waals surface area (Å²) in [6, 6.07) is 2.38. The molecule has 1 atom stereocenters. The van der Waals surface area contributed by atoms with Crippen molar-refractivity contribution in [3.8, 4) is 0 Å². The zero-order chi connectivity index (χ0) is 14.9. The second-order valence-corrected chi connectivity index (χ2v) is 5.48. The lowest BCUT2D eigenvalue weighted by molar-refractivity contribution is 0.391. The number of aryl methyl sites for hydroxylation is 5. The summed E-state index contributed by atoms with van der Waals surface area (Å²) >= 11 is 0. The van der Waals surface area contributed by atoms with E-state index < -0.39 is 0 Å². The molecule has 2 aromatic heterocycles. The molecule has 1 unspecified atom stereocenters. The Morgan fingerprint density at radius 1 is 1.15 bits per heavy atom. The SMILES string of the molecule is Cc1cc(C)c(C(C)NCc2c(C)noc2C)c(C)n1. The van der Waals surface area contributed by atoms with Crippen molar-refractivity contribution in [1.82, 2.24) is 15.5 Å². The number of hydrogen-bond donors (Lipinski definition) is 1. The molecule has 0 saturated heterocycles. The predicted octanol–water partition coefficient (Wildman–Crippen LogP) is 3.46. The maximum Gasteiger partial charge on any atom is 0.138 e. The van der Waals surface area contributed by atoms with Crippen molar-refractivity contribution in [2.75, 3.05) is 0 Å². The first-order valence-electron chi connectivity index (χ1n) is 7.00. The lowest BCUT2D eigenvalue weighted by Crippen LogP contribution is -2.21. The van der Waals surface area contributed by atoms with Crippen molar-refractivity contribution in [3.05, 3.63) is 45.6 Å². The molecule has 0 aliphatic rings. The Morgan fingerprint density at radius 3 is 2.40 bits per heavy atom. The molecule has 0 saturated carbocycles. The molecule has 2 heterocycles. The molecule has 4 nitrogen and oxygen atoms in total. The van der Waals surface area contributed by atoms with Crippen LogP contribution in [0.15, 0.2) is 10.6 Å². The molecular weight excluding hydrogens is 250 g/mol. The third kappa shape index (κ3) is 2.90. The van der Waals surface area contributed by atoms with Gasteiger partial charge >= 0.3 is 0 Å². The molecule has 2 rings (SSSR count). The van der Waals surface area contributed by atoms with E-state index in [0.29, 0.717) is 0 Å². The van der Waals surface area contributed by atoms with Gasteiger partial charge in [0.25, 0.3) is 0 Å². The zero-order valence-electron chi connectivity index (χ0n) is 13.2. The van der Waals surface area contributed by atoms with Crippen LogP contribution in [0, 0.1) is 34.6 Å². The number of nitrogens with one attached hydrogen (secondary N) is 1. The Labute approximate surface area is 120 Å². The number of aromatic nitrogens is 2. The highest BCUT2D eigenvalue weighted by Gasteiger charge is 2.15. The van der Waals surface area contributed by atoms with E-state index in [1.54, 1.807) is 0 Å². The van der Waals surface area contributed by atoms with Gasteiger partial charge < -0.3 is 9.84 Å². The number of pyridine rings is 1. The van der Waals surface area contributed by atoms with Crippen LogP contribution >= 0.6 is 0 Å². The molecule has 0 aliphatic carbocycles. The third-order valence-electron chi connectivity index (χ3n) is 3.78. The third-order valence-corrected chi connectivity index (χ3v) is 3.78.